The molecule has 0 saturated carbocycles. The number of aliphatic carboxylic acids is 1. The minimum atomic E-state index is -0.901. The molecule has 1 amide bonds. The Morgan fingerprint density at radius 1 is 1.15 bits per heavy atom. The zero-order valence-electron chi connectivity index (χ0n) is 10.5. The summed E-state index contributed by atoms with van der Waals surface area (Å²) in [5.74, 6) is -0.901. The standard InChI is InChI=1S/C15H12N2O3/c18-9-16-10-5-6-12-11-3-1-2-4-13(11)17(8-15(19)20)14(12)7-10/h1-7,9H,8H2,(H,16,18)(H,19,20). The number of anilines is 1. The topological polar surface area (TPSA) is 71.3 Å². The summed E-state index contributed by atoms with van der Waals surface area (Å²) >= 11 is 0. The van der Waals surface area contributed by atoms with Gasteiger partial charge in [-0.15, -0.1) is 0 Å². The fourth-order valence-corrected chi connectivity index (χ4v) is 2.51. The maximum atomic E-state index is 11.1. The largest absolute Gasteiger partial charge is 0.480 e. The van der Waals surface area contributed by atoms with Gasteiger partial charge in [0.2, 0.25) is 6.41 Å². The van der Waals surface area contributed by atoms with Gasteiger partial charge < -0.3 is 15.0 Å². The van der Waals surface area contributed by atoms with Gasteiger partial charge in [0.15, 0.2) is 0 Å². The first kappa shape index (κ1) is 12.2. The van der Waals surface area contributed by atoms with Gasteiger partial charge >= 0.3 is 5.97 Å². The quantitative estimate of drug-likeness (QED) is 0.714. The number of carbonyl (C=O) groups excluding carboxylic acids is 1. The Bertz CT molecular complexity index is 820. The van der Waals surface area contributed by atoms with E-state index in [9.17, 15) is 9.59 Å². The number of rotatable bonds is 4. The lowest BCUT2D eigenvalue weighted by Crippen LogP contribution is -2.08. The van der Waals surface area contributed by atoms with Crippen LogP contribution in [0.4, 0.5) is 5.69 Å². The normalized spacial score (nSPS) is 10.8. The number of carboxylic acids is 1. The Balaban J connectivity index is 2.35. The van der Waals surface area contributed by atoms with Gasteiger partial charge in [-0.05, 0) is 18.2 Å². The number of para-hydroxylation sites is 1. The molecule has 0 spiro atoms. The smallest absolute Gasteiger partial charge is 0.323 e. The van der Waals surface area contributed by atoms with E-state index in [2.05, 4.69) is 5.32 Å². The molecule has 5 nitrogen and oxygen atoms in total. The Morgan fingerprint density at radius 3 is 2.65 bits per heavy atom. The van der Waals surface area contributed by atoms with Crippen LogP contribution < -0.4 is 5.32 Å². The average Bonchev–Trinajstić information content (AvgIpc) is 2.73. The molecule has 1 heterocycles. The first-order chi connectivity index (χ1) is 9.70. The van der Waals surface area contributed by atoms with E-state index < -0.39 is 5.97 Å². The van der Waals surface area contributed by atoms with E-state index in [1.807, 2.05) is 30.3 Å². The molecule has 2 aromatic carbocycles. The van der Waals surface area contributed by atoms with Crippen molar-refractivity contribution in [3.05, 3.63) is 42.5 Å². The highest BCUT2D eigenvalue weighted by Gasteiger charge is 2.12. The highest BCUT2D eigenvalue weighted by molar-refractivity contribution is 6.09. The van der Waals surface area contributed by atoms with Crippen LogP contribution >= 0.6 is 0 Å². The molecule has 0 bridgehead atoms. The SMILES string of the molecule is O=CNc1ccc2c3ccccc3n(CC(=O)O)c2c1. The third-order valence-corrected chi connectivity index (χ3v) is 3.29. The van der Waals surface area contributed by atoms with Gasteiger partial charge in [0.1, 0.15) is 6.54 Å². The van der Waals surface area contributed by atoms with Crippen molar-refractivity contribution in [1.82, 2.24) is 4.57 Å². The summed E-state index contributed by atoms with van der Waals surface area (Å²) in [6.45, 7) is -0.117. The molecule has 5 heteroatoms. The number of hydrogen-bond acceptors (Lipinski definition) is 2. The van der Waals surface area contributed by atoms with Crippen molar-refractivity contribution in [3.8, 4) is 0 Å². The number of hydrogen-bond donors (Lipinski definition) is 2. The third kappa shape index (κ3) is 1.89. The van der Waals surface area contributed by atoms with Crippen LogP contribution in [0.1, 0.15) is 0 Å². The van der Waals surface area contributed by atoms with E-state index in [1.165, 1.54) is 0 Å². The molecule has 3 aromatic rings. The Morgan fingerprint density at radius 2 is 1.90 bits per heavy atom. The second-order valence-electron chi connectivity index (χ2n) is 4.49. The van der Waals surface area contributed by atoms with Crippen molar-refractivity contribution in [2.45, 2.75) is 6.54 Å². The molecule has 3 rings (SSSR count). The monoisotopic (exact) mass is 268 g/mol. The molecule has 0 aliphatic heterocycles. The van der Waals surface area contributed by atoms with Gasteiger partial charge in [-0.2, -0.15) is 0 Å². The zero-order valence-corrected chi connectivity index (χ0v) is 10.5. The molecular formula is C15H12N2O3. The Labute approximate surface area is 114 Å². The Hall–Kier alpha value is -2.82. The van der Waals surface area contributed by atoms with Crippen LogP contribution in [0.15, 0.2) is 42.5 Å². The molecule has 0 aliphatic carbocycles. The first-order valence-corrected chi connectivity index (χ1v) is 6.13. The van der Waals surface area contributed by atoms with Crippen molar-refractivity contribution < 1.29 is 14.7 Å². The van der Waals surface area contributed by atoms with E-state index in [0.717, 1.165) is 21.8 Å². The number of carbonyl (C=O) groups is 2. The summed E-state index contributed by atoms with van der Waals surface area (Å²) in [6, 6.07) is 13.1. The van der Waals surface area contributed by atoms with E-state index in [0.29, 0.717) is 12.1 Å². The summed E-state index contributed by atoms with van der Waals surface area (Å²) in [7, 11) is 0. The van der Waals surface area contributed by atoms with Gasteiger partial charge in [0.25, 0.3) is 0 Å². The molecule has 0 saturated heterocycles. The lowest BCUT2D eigenvalue weighted by molar-refractivity contribution is -0.137. The van der Waals surface area contributed by atoms with Gasteiger partial charge in [-0.3, -0.25) is 9.59 Å². The molecule has 1 aromatic heterocycles. The van der Waals surface area contributed by atoms with Crippen LogP contribution in [-0.4, -0.2) is 22.1 Å². The number of benzene rings is 2. The minimum absolute atomic E-state index is 0.117. The van der Waals surface area contributed by atoms with Gasteiger partial charge in [0.05, 0.1) is 5.52 Å². The second kappa shape index (κ2) is 4.70. The van der Waals surface area contributed by atoms with Crippen LogP contribution in [0.5, 0.6) is 0 Å². The van der Waals surface area contributed by atoms with Crippen LogP contribution in [0.2, 0.25) is 0 Å². The number of nitrogens with zero attached hydrogens (tertiary/aromatic N) is 1. The summed E-state index contributed by atoms with van der Waals surface area (Å²) in [6.07, 6.45) is 0.603. The van der Waals surface area contributed by atoms with Crippen LogP contribution in [0.25, 0.3) is 21.8 Å². The van der Waals surface area contributed by atoms with Crippen LogP contribution in [0.3, 0.4) is 0 Å². The summed E-state index contributed by atoms with van der Waals surface area (Å²) in [4.78, 5) is 21.6. The van der Waals surface area contributed by atoms with Crippen molar-refractivity contribution in [2.24, 2.45) is 0 Å². The first-order valence-electron chi connectivity index (χ1n) is 6.13. The number of fused-ring (bicyclic) bond motifs is 3. The van der Waals surface area contributed by atoms with Gasteiger partial charge in [-0.1, -0.05) is 24.3 Å². The number of carboxylic acid groups (broad SMARTS) is 1. The third-order valence-electron chi connectivity index (χ3n) is 3.29. The summed E-state index contributed by atoms with van der Waals surface area (Å²) in [5, 5.41) is 13.6. The van der Waals surface area contributed by atoms with Crippen molar-refractivity contribution in [1.29, 1.82) is 0 Å². The highest BCUT2D eigenvalue weighted by Crippen LogP contribution is 2.30. The molecular weight excluding hydrogens is 256 g/mol. The van der Waals surface area contributed by atoms with E-state index in [-0.39, 0.29) is 6.54 Å². The molecule has 0 radical (unpaired) electrons. The maximum Gasteiger partial charge on any atom is 0.323 e. The predicted molar refractivity (Wildman–Crippen MR) is 76.8 cm³/mol. The van der Waals surface area contributed by atoms with Crippen LogP contribution in [-0.2, 0) is 16.1 Å². The van der Waals surface area contributed by atoms with E-state index >= 15 is 0 Å². The lowest BCUT2D eigenvalue weighted by Gasteiger charge is -2.04. The number of nitrogens with one attached hydrogen (secondary N) is 1. The van der Waals surface area contributed by atoms with E-state index in [4.69, 9.17) is 5.11 Å². The van der Waals surface area contributed by atoms with E-state index in [1.54, 1.807) is 16.7 Å². The molecule has 20 heavy (non-hydrogen) atoms. The molecule has 0 fully saturated rings. The molecule has 0 atom stereocenters. The molecule has 0 unspecified atom stereocenters. The van der Waals surface area contributed by atoms with Crippen molar-refractivity contribution in [3.63, 3.8) is 0 Å². The van der Waals surface area contributed by atoms with Gasteiger partial charge in [-0.25, -0.2) is 0 Å². The predicted octanol–water partition coefficient (Wildman–Crippen LogP) is 2.45. The van der Waals surface area contributed by atoms with Gasteiger partial charge in [0, 0.05) is 22.0 Å². The highest BCUT2D eigenvalue weighted by atomic mass is 16.4. The minimum Gasteiger partial charge on any atom is -0.480 e. The Kier molecular flexibility index (Phi) is 2.87. The summed E-state index contributed by atoms with van der Waals surface area (Å²) < 4.78 is 1.74. The lowest BCUT2D eigenvalue weighted by atomic mass is 10.1. The maximum absolute atomic E-state index is 11.1. The summed E-state index contributed by atoms with van der Waals surface area (Å²) in [5.41, 5.74) is 2.30. The van der Waals surface area contributed by atoms with Crippen LogP contribution in [0, 0.1) is 0 Å². The second-order valence-corrected chi connectivity index (χ2v) is 4.49. The molecule has 2 N–H and O–H groups in total. The van der Waals surface area contributed by atoms with Crippen molar-refractivity contribution >= 4 is 39.9 Å². The fourth-order valence-electron chi connectivity index (χ4n) is 2.51. The molecule has 100 valence electrons. The fraction of sp³-hybridized carbons (Fsp3) is 0.0667. The van der Waals surface area contributed by atoms with Crippen molar-refractivity contribution in [2.75, 3.05) is 5.32 Å². The molecule has 0 aliphatic rings. The average molecular weight is 268 g/mol. The zero-order chi connectivity index (χ0) is 14.1. The number of aromatic nitrogens is 1. The number of amides is 1.